The average molecular weight is 230 g/mol. The van der Waals surface area contributed by atoms with E-state index in [4.69, 9.17) is 0 Å². The molecule has 16 heavy (non-hydrogen) atoms. The van der Waals surface area contributed by atoms with Crippen LogP contribution in [-0.4, -0.2) is 21.9 Å². The van der Waals surface area contributed by atoms with Crippen LogP contribution >= 0.6 is 0 Å². The SMILES string of the molecule is CC(C)CC(C)CC(O)C(C)(O)CC(C)C. The van der Waals surface area contributed by atoms with Crippen LogP contribution in [0.4, 0.5) is 0 Å². The lowest BCUT2D eigenvalue weighted by atomic mass is 9.83. The summed E-state index contributed by atoms with van der Waals surface area (Å²) in [5, 5.41) is 20.2. The number of aliphatic hydroxyl groups is 2. The first-order chi connectivity index (χ1) is 7.15. The van der Waals surface area contributed by atoms with Crippen molar-refractivity contribution in [3.63, 3.8) is 0 Å². The highest BCUT2D eigenvalue weighted by atomic mass is 16.3. The van der Waals surface area contributed by atoms with E-state index in [0.29, 0.717) is 30.6 Å². The molecular formula is C14H30O2. The smallest absolute Gasteiger partial charge is 0.0880 e. The van der Waals surface area contributed by atoms with E-state index in [9.17, 15) is 10.2 Å². The zero-order valence-electron chi connectivity index (χ0n) is 11.8. The molecule has 0 spiro atoms. The molecule has 0 saturated heterocycles. The van der Waals surface area contributed by atoms with Gasteiger partial charge in [0.05, 0.1) is 11.7 Å². The van der Waals surface area contributed by atoms with Gasteiger partial charge < -0.3 is 10.2 Å². The predicted octanol–water partition coefficient (Wildman–Crippen LogP) is 3.22. The summed E-state index contributed by atoms with van der Waals surface area (Å²) in [6.07, 6.45) is 1.85. The molecule has 0 heterocycles. The Hall–Kier alpha value is -0.0800. The monoisotopic (exact) mass is 230 g/mol. The number of aliphatic hydroxyl groups excluding tert-OH is 1. The molecule has 0 aromatic heterocycles. The molecule has 0 aliphatic heterocycles. The van der Waals surface area contributed by atoms with Crippen LogP contribution in [0.15, 0.2) is 0 Å². The molecule has 2 nitrogen and oxygen atoms in total. The average Bonchev–Trinajstić information content (AvgIpc) is 1.98. The molecule has 3 unspecified atom stereocenters. The maximum atomic E-state index is 10.2. The van der Waals surface area contributed by atoms with Crippen LogP contribution in [0.25, 0.3) is 0 Å². The highest BCUT2D eigenvalue weighted by Gasteiger charge is 2.31. The summed E-state index contributed by atoms with van der Waals surface area (Å²) < 4.78 is 0. The van der Waals surface area contributed by atoms with E-state index in [2.05, 4.69) is 34.6 Å². The molecule has 2 heteroatoms. The standard InChI is InChI=1S/C14H30O2/c1-10(2)7-12(5)8-13(15)14(6,16)9-11(3)4/h10-13,15-16H,7-9H2,1-6H3. The van der Waals surface area contributed by atoms with E-state index in [0.717, 1.165) is 6.42 Å². The molecule has 0 bridgehead atoms. The second-order valence-electron chi connectivity index (χ2n) is 6.44. The van der Waals surface area contributed by atoms with Gasteiger partial charge >= 0.3 is 0 Å². The van der Waals surface area contributed by atoms with Crippen LogP contribution in [0.1, 0.15) is 60.8 Å². The molecule has 0 aliphatic carbocycles. The predicted molar refractivity (Wildman–Crippen MR) is 69.3 cm³/mol. The first-order valence-corrected chi connectivity index (χ1v) is 6.55. The minimum Gasteiger partial charge on any atom is -0.390 e. The molecule has 2 N–H and O–H groups in total. The topological polar surface area (TPSA) is 40.5 Å². The van der Waals surface area contributed by atoms with Crippen molar-refractivity contribution < 1.29 is 10.2 Å². The number of hydrogen-bond acceptors (Lipinski definition) is 2. The third kappa shape index (κ3) is 6.49. The first kappa shape index (κ1) is 15.9. The Morgan fingerprint density at radius 3 is 1.81 bits per heavy atom. The van der Waals surface area contributed by atoms with Gasteiger partial charge in [0.15, 0.2) is 0 Å². The highest BCUT2D eigenvalue weighted by molar-refractivity contribution is 4.84. The maximum absolute atomic E-state index is 10.2. The van der Waals surface area contributed by atoms with Crippen LogP contribution in [0.2, 0.25) is 0 Å². The van der Waals surface area contributed by atoms with Crippen LogP contribution in [0.5, 0.6) is 0 Å². The summed E-state index contributed by atoms with van der Waals surface area (Å²) in [6.45, 7) is 12.4. The fourth-order valence-corrected chi connectivity index (χ4v) is 2.50. The fraction of sp³-hybridized carbons (Fsp3) is 1.00. The van der Waals surface area contributed by atoms with Gasteiger partial charge in [0.2, 0.25) is 0 Å². The molecule has 98 valence electrons. The lowest BCUT2D eigenvalue weighted by Gasteiger charge is -2.32. The Kier molecular flexibility index (Phi) is 6.57. The van der Waals surface area contributed by atoms with Gasteiger partial charge in [-0.3, -0.25) is 0 Å². The Bertz CT molecular complexity index is 185. The first-order valence-electron chi connectivity index (χ1n) is 6.55. The lowest BCUT2D eigenvalue weighted by molar-refractivity contribution is -0.0826. The molecule has 0 aliphatic rings. The van der Waals surface area contributed by atoms with Crippen molar-refractivity contribution in [2.24, 2.45) is 17.8 Å². The summed E-state index contributed by atoms with van der Waals surface area (Å²) in [5.74, 6) is 1.52. The zero-order valence-corrected chi connectivity index (χ0v) is 11.8. The van der Waals surface area contributed by atoms with Gasteiger partial charge in [-0.25, -0.2) is 0 Å². The van der Waals surface area contributed by atoms with E-state index >= 15 is 0 Å². The van der Waals surface area contributed by atoms with Crippen LogP contribution in [-0.2, 0) is 0 Å². The van der Waals surface area contributed by atoms with Crippen molar-refractivity contribution in [2.45, 2.75) is 72.5 Å². The Morgan fingerprint density at radius 1 is 0.938 bits per heavy atom. The number of rotatable bonds is 7. The molecular weight excluding hydrogens is 200 g/mol. The third-order valence-electron chi connectivity index (χ3n) is 3.04. The van der Waals surface area contributed by atoms with E-state index in [1.54, 1.807) is 6.92 Å². The van der Waals surface area contributed by atoms with Crippen molar-refractivity contribution in [3.05, 3.63) is 0 Å². The molecule has 0 saturated carbocycles. The Balaban J connectivity index is 4.17. The van der Waals surface area contributed by atoms with Crippen LogP contribution < -0.4 is 0 Å². The van der Waals surface area contributed by atoms with Gasteiger partial charge in [0.1, 0.15) is 0 Å². The van der Waals surface area contributed by atoms with Gasteiger partial charge in [0.25, 0.3) is 0 Å². The minimum absolute atomic E-state index is 0.407. The Labute approximate surface area is 101 Å². The zero-order chi connectivity index (χ0) is 12.9. The molecule has 0 aromatic carbocycles. The normalized spacial score (nSPS) is 19.9. The minimum atomic E-state index is -0.945. The van der Waals surface area contributed by atoms with Crippen LogP contribution in [0.3, 0.4) is 0 Å². The van der Waals surface area contributed by atoms with E-state index in [1.165, 1.54) is 0 Å². The van der Waals surface area contributed by atoms with Crippen molar-refractivity contribution >= 4 is 0 Å². The molecule has 3 atom stereocenters. The summed E-state index contributed by atoms with van der Waals surface area (Å²) in [6, 6.07) is 0. The summed E-state index contributed by atoms with van der Waals surface area (Å²) in [5.41, 5.74) is -0.945. The molecule has 0 rings (SSSR count). The van der Waals surface area contributed by atoms with Gasteiger partial charge in [-0.05, 0) is 43.9 Å². The van der Waals surface area contributed by atoms with Gasteiger partial charge in [-0.1, -0.05) is 34.6 Å². The van der Waals surface area contributed by atoms with E-state index in [-0.39, 0.29) is 0 Å². The quantitative estimate of drug-likeness (QED) is 0.705. The largest absolute Gasteiger partial charge is 0.390 e. The van der Waals surface area contributed by atoms with Gasteiger partial charge in [-0.2, -0.15) is 0 Å². The van der Waals surface area contributed by atoms with Gasteiger partial charge in [0, 0.05) is 0 Å². The second-order valence-corrected chi connectivity index (χ2v) is 6.44. The van der Waals surface area contributed by atoms with Crippen molar-refractivity contribution in [3.8, 4) is 0 Å². The van der Waals surface area contributed by atoms with Crippen LogP contribution in [0, 0.1) is 17.8 Å². The number of hydrogen-bond donors (Lipinski definition) is 2. The summed E-state index contributed by atoms with van der Waals surface area (Å²) in [4.78, 5) is 0. The van der Waals surface area contributed by atoms with Gasteiger partial charge in [-0.15, -0.1) is 0 Å². The molecule has 0 fully saturated rings. The third-order valence-corrected chi connectivity index (χ3v) is 3.04. The van der Waals surface area contributed by atoms with Crippen molar-refractivity contribution in [1.82, 2.24) is 0 Å². The van der Waals surface area contributed by atoms with Crippen molar-refractivity contribution in [2.75, 3.05) is 0 Å². The van der Waals surface area contributed by atoms with E-state index in [1.807, 2.05) is 0 Å². The Morgan fingerprint density at radius 2 is 1.44 bits per heavy atom. The molecule has 0 radical (unpaired) electrons. The molecule has 0 amide bonds. The summed E-state index contributed by atoms with van der Waals surface area (Å²) >= 11 is 0. The van der Waals surface area contributed by atoms with E-state index < -0.39 is 11.7 Å². The lowest BCUT2D eigenvalue weighted by Crippen LogP contribution is -2.41. The summed E-state index contributed by atoms with van der Waals surface area (Å²) in [7, 11) is 0. The fourth-order valence-electron chi connectivity index (χ4n) is 2.50. The maximum Gasteiger partial charge on any atom is 0.0880 e. The second kappa shape index (κ2) is 6.61. The highest BCUT2D eigenvalue weighted by Crippen LogP contribution is 2.26. The van der Waals surface area contributed by atoms with Crippen molar-refractivity contribution in [1.29, 1.82) is 0 Å². The molecule has 0 aromatic rings.